The molecule has 3 aromatic heterocycles. The van der Waals surface area contributed by atoms with Gasteiger partial charge in [0.2, 0.25) is 0 Å². The first-order valence-corrected chi connectivity index (χ1v) is 11.3. The molecule has 2 unspecified atom stereocenters. The van der Waals surface area contributed by atoms with E-state index in [1.807, 2.05) is 12.1 Å². The lowest BCUT2D eigenvalue weighted by molar-refractivity contribution is -0.384. The Morgan fingerprint density at radius 3 is 1.81 bits per heavy atom. The molecule has 1 aliphatic heterocycles. The van der Waals surface area contributed by atoms with Crippen LogP contribution in [0.5, 0.6) is 0 Å². The zero-order valence-corrected chi connectivity index (χ0v) is 20.7. The first kappa shape index (κ1) is 25.6. The molecule has 37 heavy (non-hydrogen) atoms. The highest BCUT2D eigenvalue weighted by Crippen LogP contribution is 2.20. The molecular weight excluding hydrogens is 484 g/mol. The van der Waals surface area contributed by atoms with Gasteiger partial charge in [-0.2, -0.15) is 0 Å². The van der Waals surface area contributed by atoms with Gasteiger partial charge in [-0.1, -0.05) is 0 Å². The fraction of sp³-hybridized carbons (Fsp3) is 0.318. The molecule has 0 aromatic carbocycles. The van der Waals surface area contributed by atoms with Crippen LogP contribution in [0, 0.1) is 10.1 Å². The average molecular weight is 513 g/mol. The van der Waals surface area contributed by atoms with E-state index in [9.17, 15) is 24.5 Å². The topological polar surface area (TPSA) is 182 Å². The molecule has 0 spiro atoms. The molecular formula is C22H28N10O5. The van der Waals surface area contributed by atoms with Crippen LogP contribution in [-0.4, -0.2) is 67.8 Å². The number of anilines is 2. The fourth-order valence-electron chi connectivity index (χ4n) is 3.80. The van der Waals surface area contributed by atoms with E-state index in [4.69, 9.17) is 0 Å². The van der Waals surface area contributed by atoms with E-state index in [0.717, 1.165) is 0 Å². The van der Waals surface area contributed by atoms with E-state index in [-0.39, 0.29) is 29.3 Å². The lowest BCUT2D eigenvalue weighted by atomic mass is 10.3. The van der Waals surface area contributed by atoms with Crippen LogP contribution in [0.3, 0.4) is 0 Å². The first-order valence-electron chi connectivity index (χ1n) is 11.3. The Morgan fingerprint density at radius 2 is 1.32 bits per heavy atom. The number of carbonyl (C=O) groups excluding carboxylic acids is 3. The summed E-state index contributed by atoms with van der Waals surface area (Å²) in [4.78, 5) is 48.4. The molecule has 2 atom stereocenters. The summed E-state index contributed by atoms with van der Waals surface area (Å²) in [7, 11) is 6.78. The number of hydrazine groups is 1. The smallest absolute Gasteiger partial charge is 0.287 e. The molecule has 0 radical (unpaired) electrons. The van der Waals surface area contributed by atoms with Gasteiger partial charge in [0.1, 0.15) is 23.4 Å². The second-order valence-electron chi connectivity index (χ2n) is 8.66. The van der Waals surface area contributed by atoms with Crippen LogP contribution in [0.25, 0.3) is 0 Å². The number of nitro groups is 1. The summed E-state index contributed by atoms with van der Waals surface area (Å²) in [6, 6.07) is 4.24. The molecule has 4 rings (SSSR count). The van der Waals surface area contributed by atoms with Crippen molar-refractivity contribution in [2.24, 2.45) is 21.1 Å². The van der Waals surface area contributed by atoms with Gasteiger partial charge in [0.25, 0.3) is 23.4 Å². The van der Waals surface area contributed by atoms with Crippen molar-refractivity contribution < 1.29 is 19.3 Å². The number of nitrogens with zero attached hydrogens (tertiary/aromatic N) is 5. The van der Waals surface area contributed by atoms with Crippen molar-refractivity contribution in [3.63, 3.8) is 0 Å². The molecule has 3 amide bonds. The van der Waals surface area contributed by atoms with E-state index in [1.165, 1.54) is 34.5 Å². The van der Waals surface area contributed by atoms with Gasteiger partial charge in [-0.15, -0.1) is 0 Å². The van der Waals surface area contributed by atoms with Crippen molar-refractivity contribution in [3.8, 4) is 0 Å². The second-order valence-corrected chi connectivity index (χ2v) is 8.66. The number of aromatic nitrogens is 3. The quantitative estimate of drug-likeness (QED) is 0.110. The molecule has 5 N–H and O–H groups in total. The Labute approximate surface area is 211 Å². The molecule has 4 heterocycles. The van der Waals surface area contributed by atoms with Crippen molar-refractivity contribution in [3.05, 3.63) is 64.0 Å². The van der Waals surface area contributed by atoms with Gasteiger partial charge in [0, 0.05) is 59.7 Å². The molecule has 1 fully saturated rings. The summed E-state index contributed by atoms with van der Waals surface area (Å²) in [5, 5.41) is 24.3. The number of rotatable bonds is 10. The van der Waals surface area contributed by atoms with E-state index >= 15 is 0 Å². The number of hydrogen-bond acceptors (Lipinski definition) is 8. The Hall–Kier alpha value is -4.47. The van der Waals surface area contributed by atoms with E-state index < -0.39 is 16.7 Å². The van der Waals surface area contributed by atoms with Crippen LogP contribution in [0.15, 0.2) is 36.8 Å². The molecule has 15 heteroatoms. The van der Waals surface area contributed by atoms with Gasteiger partial charge in [-0.25, -0.2) is 10.4 Å². The maximum Gasteiger partial charge on any atom is 0.287 e. The van der Waals surface area contributed by atoms with Crippen molar-refractivity contribution >= 4 is 34.8 Å². The van der Waals surface area contributed by atoms with Crippen LogP contribution in [0.2, 0.25) is 0 Å². The minimum atomic E-state index is -0.580. The molecule has 1 aliphatic rings. The molecule has 1 saturated heterocycles. The Balaban J connectivity index is 1.35. The minimum Gasteiger partial charge on any atom is -0.349 e. The third-order valence-corrected chi connectivity index (χ3v) is 5.82. The molecule has 196 valence electrons. The summed E-state index contributed by atoms with van der Waals surface area (Å²) >= 11 is 0. The third-order valence-electron chi connectivity index (χ3n) is 5.82. The molecule has 0 saturated carbocycles. The van der Waals surface area contributed by atoms with Crippen molar-refractivity contribution in [2.45, 2.75) is 6.29 Å². The Bertz CT molecular complexity index is 1370. The van der Waals surface area contributed by atoms with Gasteiger partial charge < -0.3 is 29.7 Å². The van der Waals surface area contributed by atoms with Gasteiger partial charge in [-0.3, -0.25) is 29.8 Å². The predicted octanol–water partition coefficient (Wildman–Crippen LogP) is 0.168. The number of hydrogen-bond donors (Lipinski definition) is 5. The zero-order chi connectivity index (χ0) is 26.9. The number of nitrogens with one attached hydrogen (secondary N) is 5. The maximum atomic E-state index is 12.9. The largest absolute Gasteiger partial charge is 0.349 e. The number of aryl methyl sites for hydroxylation is 3. The van der Waals surface area contributed by atoms with Crippen LogP contribution >= 0.6 is 0 Å². The van der Waals surface area contributed by atoms with Gasteiger partial charge >= 0.3 is 0 Å². The van der Waals surface area contributed by atoms with Crippen molar-refractivity contribution in [2.75, 3.05) is 30.8 Å². The summed E-state index contributed by atoms with van der Waals surface area (Å²) in [6.45, 7) is 1.03. The fourth-order valence-corrected chi connectivity index (χ4v) is 3.80. The molecule has 15 nitrogen and oxygen atoms in total. The van der Waals surface area contributed by atoms with Gasteiger partial charge in [-0.05, 0) is 12.1 Å². The summed E-state index contributed by atoms with van der Waals surface area (Å²) in [6.07, 6.45) is 4.55. The Morgan fingerprint density at radius 1 is 0.838 bits per heavy atom. The number of carbonyl (C=O) groups is 3. The van der Waals surface area contributed by atoms with Gasteiger partial charge in [0.15, 0.2) is 0 Å². The average Bonchev–Trinajstić information content (AvgIpc) is 3.13. The molecule has 0 bridgehead atoms. The molecule has 3 aromatic rings. The maximum absolute atomic E-state index is 12.9. The summed E-state index contributed by atoms with van der Waals surface area (Å²) in [5.74, 6) is -1.27. The molecule has 0 aliphatic carbocycles. The standard InChI is InChI=1S/C22H28N10O5/c1-28-10-13(7-16(28)19(33)23-5-6-24-22-27-31(22)4)25-20(34)17-8-14(11-29(17)2)26-21(35)18-9-15(32(36)37)12-30(18)3/h7-12,22,24,27H,5-6H2,1-4H3,(H,23,33)(H,25,34)(H,26,35). The van der Waals surface area contributed by atoms with Crippen LogP contribution in [0.4, 0.5) is 17.1 Å². The highest BCUT2D eigenvalue weighted by atomic mass is 16.6. The van der Waals surface area contributed by atoms with Crippen LogP contribution < -0.4 is 26.7 Å². The van der Waals surface area contributed by atoms with E-state index in [1.54, 1.807) is 37.1 Å². The normalized spacial score (nSPS) is 16.3. The summed E-state index contributed by atoms with van der Waals surface area (Å²) < 4.78 is 4.50. The minimum absolute atomic E-state index is 0.101. The highest BCUT2D eigenvalue weighted by Gasteiger charge is 2.27. The lowest BCUT2D eigenvalue weighted by Crippen LogP contribution is -2.34. The van der Waals surface area contributed by atoms with E-state index in [0.29, 0.717) is 30.2 Å². The third kappa shape index (κ3) is 5.85. The van der Waals surface area contributed by atoms with Crippen LogP contribution in [0.1, 0.15) is 31.5 Å². The first-order chi connectivity index (χ1) is 17.5. The van der Waals surface area contributed by atoms with Crippen molar-refractivity contribution in [1.82, 2.24) is 34.8 Å². The Kier molecular flexibility index (Phi) is 7.10. The zero-order valence-electron chi connectivity index (χ0n) is 20.7. The monoisotopic (exact) mass is 512 g/mol. The number of amides is 3. The predicted molar refractivity (Wildman–Crippen MR) is 134 cm³/mol. The van der Waals surface area contributed by atoms with Crippen LogP contribution in [-0.2, 0) is 21.1 Å². The second kappa shape index (κ2) is 10.3. The highest BCUT2D eigenvalue weighted by molar-refractivity contribution is 6.07. The van der Waals surface area contributed by atoms with E-state index in [2.05, 4.69) is 26.7 Å². The lowest BCUT2D eigenvalue weighted by Gasteiger charge is -2.06. The van der Waals surface area contributed by atoms with Crippen molar-refractivity contribution in [1.29, 1.82) is 0 Å². The SMILES string of the molecule is CN1NC1NCCNC(=O)c1cc(NC(=O)c2cc(NC(=O)c3cc([N+](=O)[O-])cn3C)cn2C)cn1C. The van der Waals surface area contributed by atoms with Gasteiger partial charge in [0.05, 0.1) is 22.5 Å². The summed E-state index contributed by atoms with van der Waals surface area (Å²) in [5.41, 5.74) is 4.36.